The molecule has 35 heavy (non-hydrogen) atoms. The normalized spacial score (nSPS) is 22.9. The second-order valence-corrected chi connectivity index (χ2v) is 9.54. The smallest absolute Gasteiger partial charge is 0.130 e. The number of aldehydes is 1. The van der Waals surface area contributed by atoms with Crippen molar-refractivity contribution in [3.63, 3.8) is 0 Å². The third-order valence-electron chi connectivity index (χ3n) is 6.82. The van der Waals surface area contributed by atoms with Crippen LogP contribution in [0.15, 0.2) is 71.1 Å². The van der Waals surface area contributed by atoms with Crippen molar-refractivity contribution in [1.82, 2.24) is 9.71 Å². The summed E-state index contributed by atoms with van der Waals surface area (Å²) < 4.78 is 16.2. The topological polar surface area (TPSA) is 83.6 Å². The first kappa shape index (κ1) is 25.1. The van der Waals surface area contributed by atoms with Crippen LogP contribution in [0, 0.1) is 11.2 Å². The van der Waals surface area contributed by atoms with Crippen LogP contribution in [-0.2, 0) is 11.2 Å². The Bertz CT molecular complexity index is 1120. The van der Waals surface area contributed by atoms with E-state index in [1.807, 2.05) is 18.5 Å². The van der Waals surface area contributed by atoms with Gasteiger partial charge in [0.25, 0.3) is 0 Å². The largest absolute Gasteiger partial charge is 0.404 e. The van der Waals surface area contributed by atoms with Crippen molar-refractivity contribution in [2.24, 2.45) is 16.1 Å². The van der Waals surface area contributed by atoms with Crippen molar-refractivity contribution in [1.29, 1.82) is 0 Å². The first-order valence-electron chi connectivity index (χ1n) is 12.1. The Hall–Kier alpha value is -2.97. The number of benzene rings is 1. The highest BCUT2D eigenvalue weighted by atomic mass is 32.1. The molecule has 3 N–H and O–H groups in total. The molecule has 2 aliphatic rings. The zero-order valence-corrected chi connectivity index (χ0v) is 20.7. The number of nitrogens with one attached hydrogen (secondary N) is 1. The molecule has 1 fully saturated rings. The van der Waals surface area contributed by atoms with Crippen LogP contribution < -0.4 is 15.4 Å². The molecular weight excluding hydrogens is 461 g/mol. The fraction of sp³-hybridized carbons (Fsp3) is 0.370. The number of aliphatic imine (C=N–C) groups is 1. The number of nitrogens with zero attached hydrogens (tertiary/aromatic N) is 3. The van der Waals surface area contributed by atoms with E-state index in [0.29, 0.717) is 37.2 Å². The van der Waals surface area contributed by atoms with Crippen LogP contribution in [0.3, 0.4) is 0 Å². The molecule has 6 nitrogen and oxygen atoms in total. The molecule has 1 aromatic heterocycles. The Labute approximate surface area is 211 Å². The Balaban J connectivity index is 1.69. The molecule has 0 amide bonds. The zero-order chi connectivity index (χ0) is 24.7. The minimum atomic E-state index is -0.764. The molecule has 1 saturated heterocycles. The van der Waals surface area contributed by atoms with Crippen LogP contribution in [0.4, 0.5) is 15.8 Å². The van der Waals surface area contributed by atoms with E-state index in [1.54, 1.807) is 12.1 Å². The average Bonchev–Trinajstić information content (AvgIpc) is 2.90. The number of aromatic nitrogens is 1. The number of piperidine rings is 1. The molecular formula is C27H32FN5OS. The SMILES string of the molecule is NC=C1CC(C=O)(Cc2cncc(N3CCCCC3)c2)C(CCNS)=CC1=Nc1ccc(F)cc1. The number of allylic oxidation sites excluding steroid dienone is 2. The summed E-state index contributed by atoms with van der Waals surface area (Å²) in [7, 11) is 0. The van der Waals surface area contributed by atoms with Crippen molar-refractivity contribution in [3.05, 3.63) is 77.5 Å². The molecule has 2 aromatic rings. The summed E-state index contributed by atoms with van der Waals surface area (Å²) in [4.78, 5) is 24.3. The van der Waals surface area contributed by atoms with Gasteiger partial charge in [0.2, 0.25) is 0 Å². The molecule has 1 aliphatic carbocycles. The third-order valence-corrected chi connectivity index (χ3v) is 7.04. The number of halogens is 1. The molecule has 0 bridgehead atoms. The quantitative estimate of drug-likeness (QED) is 0.367. The van der Waals surface area contributed by atoms with Gasteiger partial charge in [-0.1, -0.05) is 18.4 Å². The lowest BCUT2D eigenvalue weighted by atomic mass is 9.67. The van der Waals surface area contributed by atoms with E-state index in [-0.39, 0.29) is 5.82 Å². The van der Waals surface area contributed by atoms with Gasteiger partial charge < -0.3 is 15.4 Å². The molecule has 0 saturated carbocycles. The van der Waals surface area contributed by atoms with E-state index >= 15 is 0 Å². The Morgan fingerprint density at radius 1 is 1.20 bits per heavy atom. The number of rotatable bonds is 8. The standard InChI is InChI=1S/C27H32FN5OS/c28-23-4-6-24(7-5-23)32-26-13-22(8-9-31-35)27(19-34,15-21(26)16-29)14-20-12-25(18-30-17-20)33-10-2-1-3-11-33/h4-7,12-13,16-19,31,35H,1-3,8-11,14-15,29H2. The second kappa shape index (κ2) is 11.6. The fourth-order valence-corrected chi connectivity index (χ4v) is 5.07. The maximum Gasteiger partial charge on any atom is 0.130 e. The predicted molar refractivity (Wildman–Crippen MR) is 143 cm³/mol. The lowest BCUT2D eigenvalue weighted by molar-refractivity contribution is -0.114. The number of hydrogen-bond acceptors (Lipinski definition) is 7. The van der Waals surface area contributed by atoms with Crippen molar-refractivity contribution in [3.8, 4) is 0 Å². The Morgan fingerprint density at radius 3 is 2.66 bits per heavy atom. The van der Waals surface area contributed by atoms with Gasteiger partial charge in [0.1, 0.15) is 12.1 Å². The summed E-state index contributed by atoms with van der Waals surface area (Å²) in [6.07, 6.45) is 13.5. The minimum Gasteiger partial charge on any atom is -0.404 e. The molecule has 8 heteroatoms. The lowest BCUT2D eigenvalue weighted by Crippen LogP contribution is -2.35. The highest BCUT2D eigenvalue weighted by Gasteiger charge is 2.39. The van der Waals surface area contributed by atoms with Crippen molar-refractivity contribution in [2.45, 2.75) is 38.5 Å². The minimum absolute atomic E-state index is 0.316. The van der Waals surface area contributed by atoms with Gasteiger partial charge in [-0.3, -0.25) is 9.71 Å². The van der Waals surface area contributed by atoms with Gasteiger partial charge in [-0.2, -0.15) is 0 Å². The Morgan fingerprint density at radius 2 is 1.97 bits per heavy atom. The zero-order valence-electron chi connectivity index (χ0n) is 19.8. The van der Waals surface area contributed by atoms with Gasteiger partial charge in [-0.05, 0) is 92.3 Å². The van der Waals surface area contributed by atoms with Crippen LogP contribution in [0.2, 0.25) is 0 Å². The molecule has 1 aromatic carbocycles. The number of pyridine rings is 1. The van der Waals surface area contributed by atoms with Crippen LogP contribution in [0.1, 0.15) is 37.7 Å². The maximum absolute atomic E-state index is 13.4. The first-order valence-corrected chi connectivity index (χ1v) is 12.5. The first-order chi connectivity index (χ1) is 17.1. The van der Waals surface area contributed by atoms with Crippen LogP contribution >= 0.6 is 12.8 Å². The Kier molecular flexibility index (Phi) is 8.36. The average molecular weight is 494 g/mol. The van der Waals surface area contributed by atoms with Gasteiger partial charge in [-0.25, -0.2) is 9.38 Å². The molecule has 0 spiro atoms. The number of anilines is 1. The highest BCUT2D eigenvalue weighted by Crippen LogP contribution is 2.42. The summed E-state index contributed by atoms with van der Waals surface area (Å²) >= 11 is 4.15. The van der Waals surface area contributed by atoms with E-state index in [2.05, 4.69) is 33.5 Å². The number of carbonyl (C=O) groups is 1. The highest BCUT2D eigenvalue weighted by molar-refractivity contribution is 7.78. The number of nitrogens with two attached hydrogens (primary N) is 1. The summed E-state index contributed by atoms with van der Waals surface area (Å²) in [5, 5.41) is 0. The monoisotopic (exact) mass is 493 g/mol. The molecule has 1 unspecified atom stereocenters. The summed E-state index contributed by atoms with van der Waals surface area (Å²) in [5.41, 5.74) is 10.4. The van der Waals surface area contributed by atoms with E-state index in [4.69, 9.17) is 10.7 Å². The predicted octanol–water partition coefficient (Wildman–Crippen LogP) is 4.71. The number of hydrogen-bond donors (Lipinski definition) is 3. The van der Waals surface area contributed by atoms with Gasteiger partial charge in [0.05, 0.1) is 28.7 Å². The molecule has 4 rings (SSSR count). The lowest BCUT2D eigenvalue weighted by Gasteiger charge is -2.36. The molecule has 1 aliphatic heterocycles. The van der Waals surface area contributed by atoms with E-state index in [9.17, 15) is 9.18 Å². The molecule has 1 atom stereocenters. The van der Waals surface area contributed by atoms with Crippen molar-refractivity contribution in [2.75, 3.05) is 24.5 Å². The van der Waals surface area contributed by atoms with E-state index in [0.717, 1.165) is 41.8 Å². The van der Waals surface area contributed by atoms with Crippen LogP contribution in [0.25, 0.3) is 0 Å². The third kappa shape index (κ3) is 6.00. The molecule has 0 radical (unpaired) electrons. The summed E-state index contributed by atoms with van der Waals surface area (Å²) in [6.45, 7) is 2.67. The summed E-state index contributed by atoms with van der Waals surface area (Å²) in [5.74, 6) is -0.316. The van der Waals surface area contributed by atoms with Crippen molar-refractivity contribution < 1.29 is 9.18 Å². The van der Waals surface area contributed by atoms with Crippen LogP contribution in [0.5, 0.6) is 0 Å². The van der Waals surface area contributed by atoms with Gasteiger partial charge >= 0.3 is 0 Å². The molecule has 2 heterocycles. The van der Waals surface area contributed by atoms with Crippen molar-refractivity contribution >= 4 is 36.2 Å². The fourth-order valence-electron chi connectivity index (χ4n) is 4.96. The molecule has 184 valence electrons. The summed E-state index contributed by atoms with van der Waals surface area (Å²) in [6, 6.07) is 8.16. The van der Waals surface area contributed by atoms with Gasteiger partial charge in [-0.15, -0.1) is 0 Å². The number of thiol groups is 1. The van der Waals surface area contributed by atoms with E-state index < -0.39 is 5.41 Å². The number of carbonyl (C=O) groups excluding carboxylic acids is 1. The van der Waals surface area contributed by atoms with Gasteiger partial charge in [0.15, 0.2) is 0 Å². The van der Waals surface area contributed by atoms with E-state index in [1.165, 1.54) is 37.6 Å². The van der Waals surface area contributed by atoms with Gasteiger partial charge in [0, 0.05) is 25.8 Å². The second-order valence-electron chi connectivity index (χ2n) is 9.22. The maximum atomic E-state index is 13.4. The van der Waals surface area contributed by atoms with Crippen LogP contribution in [-0.4, -0.2) is 36.6 Å².